The first-order chi connectivity index (χ1) is 10.9. The molecule has 0 amide bonds. The van der Waals surface area contributed by atoms with Crippen LogP contribution in [-0.4, -0.2) is 21.0 Å². The van der Waals surface area contributed by atoms with Gasteiger partial charge in [-0.25, -0.2) is 22.7 Å². The molecule has 2 aliphatic rings. The highest BCUT2D eigenvalue weighted by atomic mass is 32.2. The van der Waals surface area contributed by atoms with E-state index in [4.69, 9.17) is 9.88 Å². The van der Waals surface area contributed by atoms with Crippen LogP contribution < -0.4 is 5.14 Å². The number of rotatable bonds is 3. The Morgan fingerprint density at radius 2 is 1.87 bits per heavy atom. The molecule has 1 aliphatic carbocycles. The molecule has 1 aromatic rings. The van der Waals surface area contributed by atoms with Crippen LogP contribution in [0.15, 0.2) is 28.7 Å². The number of halogens is 1. The summed E-state index contributed by atoms with van der Waals surface area (Å²) in [6.45, 7) is 0.0961. The van der Waals surface area contributed by atoms with Gasteiger partial charge in [0.25, 0.3) is 0 Å². The van der Waals surface area contributed by atoms with E-state index in [1.165, 1.54) is 6.07 Å². The van der Waals surface area contributed by atoms with Crippen LogP contribution >= 0.6 is 0 Å². The summed E-state index contributed by atoms with van der Waals surface area (Å²) in [5, 5.41) is 4.97. The molecule has 1 saturated carbocycles. The van der Waals surface area contributed by atoms with Gasteiger partial charge in [0, 0.05) is 11.1 Å². The highest BCUT2D eigenvalue weighted by Crippen LogP contribution is 2.38. The minimum atomic E-state index is -4.11. The van der Waals surface area contributed by atoms with Crippen LogP contribution in [0, 0.1) is 11.7 Å². The Kier molecular flexibility index (Phi) is 4.25. The number of carbonyl (C=O) groups is 1. The summed E-state index contributed by atoms with van der Waals surface area (Å²) in [6.07, 6.45) is 5.13. The lowest BCUT2D eigenvalue weighted by molar-refractivity contribution is -0.136. The molecule has 3 rings (SSSR count). The Labute approximate surface area is 134 Å². The zero-order valence-corrected chi connectivity index (χ0v) is 13.4. The van der Waals surface area contributed by atoms with E-state index in [1.54, 1.807) is 0 Å². The molecule has 1 fully saturated rings. The molecular formula is C16H18FNO4S. The van der Waals surface area contributed by atoms with E-state index in [-0.39, 0.29) is 18.5 Å². The Hall–Kier alpha value is -1.73. The SMILES string of the molecule is NS(=O)(=O)c1ccc(C2=C(C3CCCCC3)C(=O)OC2)cc1F. The number of cyclic esters (lactones) is 1. The summed E-state index contributed by atoms with van der Waals surface area (Å²) >= 11 is 0. The van der Waals surface area contributed by atoms with Crippen LogP contribution in [0.25, 0.3) is 5.57 Å². The van der Waals surface area contributed by atoms with Crippen LogP contribution in [-0.2, 0) is 19.6 Å². The summed E-state index contributed by atoms with van der Waals surface area (Å²) in [5.41, 5.74) is 1.75. The average molecular weight is 339 g/mol. The molecule has 0 atom stereocenters. The van der Waals surface area contributed by atoms with Crippen LogP contribution in [0.5, 0.6) is 0 Å². The summed E-state index contributed by atoms with van der Waals surface area (Å²) in [5.74, 6) is -1.13. The van der Waals surface area contributed by atoms with Crippen molar-refractivity contribution in [1.82, 2.24) is 0 Å². The molecule has 0 radical (unpaired) electrons. The maximum absolute atomic E-state index is 14.1. The second-order valence-electron chi connectivity index (χ2n) is 5.99. The molecule has 0 unspecified atom stereocenters. The van der Waals surface area contributed by atoms with E-state index < -0.39 is 20.7 Å². The molecule has 1 aromatic carbocycles. The highest BCUT2D eigenvalue weighted by molar-refractivity contribution is 7.89. The summed E-state index contributed by atoms with van der Waals surface area (Å²) in [6, 6.07) is 3.72. The van der Waals surface area contributed by atoms with Crippen molar-refractivity contribution in [2.45, 2.75) is 37.0 Å². The Morgan fingerprint density at radius 1 is 1.17 bits per heavy atom. The zero-order chi connectivity index (χ0) is 16.6. The minimum absolute atomic E-state index is 0.0961. The Bertz CT molecular complexity index is 779. The minimum Gasteiger partial charge on any atom is -0.457 e. The lowest BCUT2D eigenvalue weighted by Gasteiger charge is -2.22. The fraction of sp³-hybridized carbons (Fsp3) is 0.438. The van der Waals surface area contributed by atoms with E-state index >= 15 is 0 Å². The molecule has 5 nitrogen and oxygen atoms in total. The number of hydrogen-bond donors (Lipinski definition) is 1. The maximum atomic E-state index is 14.1. The van der Waals surface area contributed by atoms with Gasteiger partial charge in [0.15, 0.2) is 0 Å². The molecule has 1 heterocycles. The molecule has 0 aromatic heterocycles. The Morgan fingerprint density at radius 3 is 2.48 bits per heavy atom. The van der Waals surface area contributed by atoms with E-state index in [1.807, 2.05) is 0 Å². The van der Waals surface area contributed by atoms with E-state index in [0.29, 0.717) is 16.7 Å². The number of ether oxygens (including phenoxy) is 1. The van der Waals surface area contributed by atoms with Crippen molar-refractivity contribution in [3.05, 3.63) is 35.2 Å². The van der Waals surface area contributed by atoms with Crippen molar-refractivity contribution in [3.63, 3.8) is 0 Å². The van der Waals surface area contributed by atoms with Crippen LogP contribution in [0.3, 0.4) is 0 Å². The molecule has 124 valence electrons. The number of carbonyl (C=O) groups excluding carboxylic acids is 1. The highest BCUT2D eigenvalue weighted by Gasteiger charge is 2.33. The molecule has 0 spiro atoms. The van der Waals surface area contributed by atoms with Crippen molar-refractivity contribution in [2.24, 2.45) is 11.1 Å². The first kappa shape index (κ1) is 16.1. The third-order valence-electron chi connectivity index (χ3n) is 4.49. The van der Waals surface area contributed by atoms with Crippen molar-refractivity contribution in [3.8, 4) is 0 Å². The topological polar surface area (TPSA) is 86.5 Å². The van der Waals surface area contributed by atoms with Crippen molar-refractivity contribution in [2.75, 3.05) is 6.61 Å². The number of primary sulfonamides is 1. The number of esters is 1. The lowest BCUT2D eigenvalue weighted by Crippen LogP contribution is -2.15. The van der Waals surface area contributed by atoms with Gasteiger partial charge in [-0.3, -0.25) is 0 Å². The first-order valence-corrected chi connectivity index (χ1v) is 9.15. The number of hydrogen-bond acceptors (Lipinski definition) is 4. The third-order valence-corrected chi connectivity index (χ3v) is 5.44. The van der Waals surface area contributed by atoms with Crippen molar-refractivity contribution < 1.29 is 22.3 Å². The predicted octanol–water partition coefficient (Wildman–Crippen LogP) is 2.36. The van der Waals surface area contributed by atoms with Gasteiger partial charge >= 0.3 is 5.97 Å². The van der Waals surface area contributed by atoms with Crippen molar-refractivity contribution >= 4 is 21.6 Å². The lowest BCUT2D eigenvalue weighted by atomic mass is 9.81. The van der Waals surface area contributed by atoms with Crippen molar-refractivity contribution in [1.29, 1.82) is 0 Å². The van der Waals surface area contributed by atoms with Gasteiger partial charge < -0.3 is 4.74 Å². The van der Waals surface area contributed by atoms with Gasteiger partial charge in [0.05, 0.1) is 0 Å². The van der Waals surface area contributed by atoms with Gasteiger partial charge in [-0.05, 0) is 36.5 Å². The molecule has 23 heavy (non-hydrogen) atoms. The smallest absolute Gasteiger partial charge is 0.335 e. The van der Waals surface area contributed by atoms with Crippen LogP contribution in [0.2, 0.25) is 0 Å². The second kappa shape index (κ2) is 6.05. The molecule has 0 saturated heterocycles. The van der Waals surface area contributed by atoms with E-state index in [0.717, 1.165) is 44.2 Å². The maximum Gasteiger partial charge on any atom is 0.335 e. The summed E-state index contributed by atoms with van der Waals surface area (Å²) < 4.78 is 41.8. The normalized spacial score (nSPS) is 20.0. The third kappa shape index (κ3) is 3.16. The first-order valence-electron chi connectivity index (χ1n) is 7.61. The monoisotopic (exact) mass is 339 g/mol. The molecular weight excluding hydrogens is 321 g/mol. The van der Waals surface area contributed by atoms with Gasteiger partial charge in [-0.15, -0.1) is 0 Å². The van der Waals surface area contributed by atoms with Gasteiger partial charge in [0.2, 0.25) is 10.0 Å². The summed E-state index contributed by atoms with van der Waals surface area (Å²) in [4.78, 5) is 11.5. The summed E-state index contributed by atoms with van der Waals surface area (Å²) in [7, 11) is -4.11. The van der Waals surface area contributed by atoms with Crippen LogP contribution in [0.4, 0.5) is 4.39 Å². The fourth-order valence-electron chi connectivity index (χ4n) is 3.38. The molecule has 0 bridgehead atoms. The largest absolute Gasteiger partial charge is 0.457 e. The fourth-order valence-corrected chi connectivity index (χ4v) is 3.97. The average Bonchev–Trinajstić information content (AvgIpc) is 2.88. The van der Waals surface area contributed by atoms with Gasteiger partial charge in [-0.2, -0.15) is 0 Å². The Balaban J connectivity index is 2.03. The van der Waals surface area contributed by atoms with E-state index in [9.17, 15) is 17.6 Å². The quantitative estimate of drug-likeness (QED) is 0.857. The number of sulfonamides is 1. The zero-order valence-electron chi connectivity index (χ0n) is 12.5. The van der Waals surface area contributed by atoms with Gasteiger partial charge in [-0.1, -0.05) is 25.3 Å². The predicted molar refractivity (Wildman–Crippen MR) is 82.2 cm³/mol. The molecule has 7 heteroatoms. The molecule has 2 N–H and O–H groups in total. The number of nitrogens with two attached hydrogens (primary N) is 1. The van der Waals surface area contributed by atoms with Gasteiger partial charge in [0.1, 0.15) is 17.3 Å². The second-order valence-corrected chi connectivity index (χ2v) is 7.52. The molecule has 1 aliphatic heterocycles. The standard InChI is InChI=1S/C16H18FNO4S/c17-13-8-11(6-7-14(13)23(18,20)21)12-9-22-16(19)15(12)10-4-2-1-3-5-10/h6-8,10H,1-5,9H2,(H2,18,20,21). The number of benzene rings is 1. The van der Waals surface area contributed by atoms with E-state index in [2.05, 4.69) is 0 Å². The van der Waals surface area contributed by atoms with Crippen LogP contribution in [0.1, 0.15) is 37.7 Å².